The summed E-state index contributed by atoms with van der Waals surface area (Å²) >= 11 is 0. The number of carbonyl (C=O) groups is 1. The molecular weight excluding hydrogens is 256 g/mol. The van der Waals surface area contributed by atoms with Crippen molar-refractivity contribution in [2.75, 3.05) is 38.8 Å². The quantitative estimate of drug-likeness (QED) is 0.598. The van der Waals surface area contributed by atoms with Gasteiger partial charge in [-0.25, -0.2) is 0 Å². The fourth-order valence-electron chi connectivity index (χ4n) is 1.48. The minimum Gasteiger partial charge on any atom is -0.382 e. The third-order valence-electron chi connectivity index (χ3n) is 2.51. The average Bonchev–Trinajstić information content (AvgIpc) is 2.44. The molecule has 0 aliphatic rings. The average molecular weight is 276 g/mol. The molecule has 0 heterocycles. The van der Waals surface area contributed by atoms with Crippen molar-refractivity contribution in [1.82, 2.24) is 0 Å². The molecule has 0 saturated heterocycles. The largest absolute Gasteiger partial charge is 0.382 e. The number of hydrogen-bond acceptors (Lipinski definition) is 4. The molecule has 0 spiro atoms. The topological polar surface area (TPSA) is 73.6 Å². The summed E-state index contributed by atoms with van der Waals surface area (Å²) in [5.41, 5.74) is 7.85. The molecule has 1 rings (SSSR count). The lowest BCUT2D eigenvalue weighted by molar-refractivity contribution is -0.121. The lowest BCUT2D eigenvalue weighted by Gasteiger charge is -2.09. The van der Waals surface area contributed by atoms with Crippen molar-refractivity contribution < 1.29 is 14.3 Å². The third-order valence-corrected chi connectivity index (χ3v) is 2.51. The predicted octanol–water partition coefficient (Wildman–Crippen LogP) is 0.907. The van der Waals surface area contributed by atoms with E-state index in [1.807, 2.05) is 25.1 Å². The summed E-state index contributed by atoms with van der Waals surface area (Å²) in [6, 6.07) is 5.62. The van der Waals surface area contributed by atoms with Gasteiger partial charge in [0.25, 0.3) is 0 Å². The Labute approximate surface area is 119 Å². The van der Waals surface area contributed by atoms with Crippen LogP contribution in [0.3, 0.4) is 0 Å². The third kappa shape index (κ3) is 5.85. The summed E-state index contributed by atoms with van der Waals surface area (Å²) in [5.74, 6) is 5.51. The fourth-order valence-corrected chi connectivity index (χ4v) is 1.48. The number of benzene rings is 1. The summed E-state index contributed by atoms with van der Waals surface area (Å²) < 4.78 is 9.99. The molecule has 108 valence electrons. The van der Waals surface area contributed by atoms with Crippen LogP contribution < -0.4 is 11.1 Å². The minimum atomic E-state index is -0.201. The van der Waals surface area contributed by atoms with E-state index in [0.717, 1.165) is 16.8 Å². The Bertz CT molecular complexity index is 504. The van der Waals surface area contributed by atoms with Crippen molar-refractivity contribution in [1.29, 1.82) is 0 Å². The first kappa shape index (κ1) is 16.2. The number of aryl methyl sites for hydroxylation is 1. The standard InChI is InChI=1S/C15H20N2O3/c1-12-5-6-13(4-3-7-16)10-14(12)17-15(18)11-20-9-8-19-2/h5-6,10H,7-9,11,16H2,1-2H3,(H,17,18). The highest BCUT2D eigenvalue weighted by Gasteiger charge is 2.05. The Hall–Kier alpha value is -1.87. The van der Waals surface area contributed by atoms with Gasteiger partial charge in [-0.15, -0.1) is 0 Å². The van der Waals surface area contributed by atoms with Crippen LogP contribution in [-0.2, 0) is 14.3 Å². The van der Waals surface area contributed by atoms with Crippen LogP contribution in [0, 0.1) is 18.8 Å². The van der Waals surface area contributed by atoms with Crippen LogP contribution in [0.15, 0.2) is 18.2 Å². The second-order valence-corrected chi connectivity index (χ2v) is 4.13. The maximum atomic E-state index is 11.7. The number of nitrogens with one attached hydrogen (secondary N) is 1. The van der Waals surface area contributed by atoms with Crippen molar-refractivity contribution in [2.45, 2.75) is 6.92 Å². The molecule has 0 aliphatic carbocycles. The van der Waals surface area contributed by atoms with Gasteiger partial charge >= 0.3 is 0 Å². The molecular formula is C15H20N2O3. The zero-order valence-corrected chi connectivity index (χ0v) is 11.9. The number of nitrogens with two attached hydrogens (primary N) is 1. The highest BCUT2D eigenvalue weighted by molar-refractivity contribution is 5.92. The van der Waals surface area contributed by atoms with Crippen LogP contribution >= 0.6 is 0 Å². The second kappa shape index (κ2) is 9.10. The van der Waals surface area contributed by atoms with Gasteiger partial charge < -0.3 is 20.5 Å². The van der Waals surface area contributed by atoms with Crippen LogP contribution in [0.5, 0.6) is 0 Å². The number of hydrogen-bond donors (Lipinski definition) is 2. The molecule has 1 aromatic rings. The number of methoxy groups -OCH3 is 1. The molecule has 0 atom stereocenters. The highest BCUT2D eigenvalue weighted by atomic mass is 16.5. The maximum absolute atomic E-state index is 11.7. The van der Waals surface area contributed by atoms with E-state index in [2.05, 4.69) is 17.2 Å². The van der Waals surface area contributed by atoms with Gasteiger partial charge in [0.1, 0.15) is 6.61 Å². The zero-order chi connectivity index (χ0) is 14.8. The lowest BCUT2D eigenvalue weighted by atomic mass is 10.1. The molecule has 3 N–H and O–H groups in total. The summed E-state index contributed by atoms with van der Waals surface area (Å²) in [6.07, 6.45) is 0. The Morgan fingerprint density at radius 1 is 1.40 bits per heavy atom. The van der Waals surface area contributed by atoms with Gasteiger partial charge in [-0.05, 0) is 24.6 Å². The zero-order valence-electron chi connectivity index (χ0n) is 11.9. The summed E-state index contributed by atoms with van der Waals surface area (Å²) in [5, 5.41) is 2.80. The molecule has 1 amide bonds. The first-order valence-electron chi connectivity index (χ1n) is 6.33. The fraction of sp³-hybridized carbons (Fsp3) is 0.400. The smallest absolute Gasteiger partial charge is 0.250 e. The van der Waals surface area contributed by atoms with E-state index < -0.39 is 0 Å². The van der Waals surface area contributed by atoms with E-state index in [1.165, 1.54) is 0 Å². The van der Waals surface area contributed by atoms with E-state index in [4.69, 9.17) is 15.2 Å². The van der Waals surface area contributed by atoms with Crippen molar-refractivity contribution >= 4 is 11.6 Å². The highest BCUT2D eigenvalue weighted by Crippen LogP contribution is 2.16. The van der Waals surface area contributed by atoms with Gasteiger partial charge in [-0.1, -0.05) is 17.9 Å². The van der Waals surface area contributed by atoms with Gasteiger partial charge in [-0.3, -0.25) is 4.79 Å². The monoisotopic (exact) mass is 276 g/mol. The van der Waals surface area contributed by atoms with Crippen molar-refractivity contribution in [3.8, 4) is 11.8 Å². The first-order valence-corrected chi connectivity index (χ1v) is 6.33. The lowest BCUT2D eigenvalue weighted by Crippen LogP contribution is -2.20. The summed E-state index contributed by atoms with van der Waals surface area (Å²) in [6.45, 7) is 3.09. The van der Waals surface area contributed by atoms with Gasteiger partial charge in [-0.2, -0.15) is 0 Å². The number of amides is 1. The van der Waals surface area contributed by atoms with E-state index in [0.29, 0.717) is 19.8 Å². The molecule has 1 aromatic carbocycles. The van der Waals surface area contributed by atoms with Crippen LogP contribution in [-0.4, -0.2) is 39.4 Å². The van der Waals surface area contributed by atoms with E-state index in [1.54, 1.807) is 7.11 Å². The maximum Gasteiger partial charge on any atom is 0.250 e. The van der Waals surface area contributed by atoms with Gasteiger partial charge in [0.05, 0.1) is 19.8 Å². The van der Waals surface area contributed by atoms with Gasteiger partial charge in [0.2, 0.25) is 5.91 Å². The first-order chi connectivity index (χ1) is 9.67. The van der Waals surface area contributed by atoms with Crippen LogP contribution in [0.1, 0.15) is 11.1 Å². The molecule has 0 unspecified atom stereocenters. The Morgan fingerprint density at radius 3 is 2.90 bits per heavy atom. The number of carbonyl (C=O) groups excluding carboxylic acids is 1. The molecule has 0 saturated carbocycles. The Kier molecular flexibility index (Phi) is 7.36. The SMILES string of the molecule is COCCOCC(=O)Nc1cc(C#CCN)ccc1C. The molecule has 20 heavy (non-hydrogen) atoms. The summed E-state index contributed by atoms with van der Waals surface area (Å²) in [4.78, 5) is 11.7. The van der Waals surface area contributed by atoms with E-state index in [9.17, 15) is 4.79 Å². The van der Waals surface area contributed by atoms with Gasteiger partial charge in [0, 0.05) is 18.4 Å². The minimum absolute atomic E-state index is 0.00149. The van der Waals surface area contributed by atoms with Gasteiger partial charge in [0.15, 0.2) is 0 Å². The molecule has 5 nitrogen and oxygen atoms in total. The van der Waals surface area contributed by atoms with E-state index >= 15 is 0 Å². The van der Waals surface area contributed by atoms with Crippen molar-refractivity contribution in [3.63, 3.8) is 0 Å². The Balaban J connectivity index is 2.59. The van der Waals surface area contributed by atoms with E-state index in [-0.39, 0.29) is 12.5 Å². The molecule has 0 fully saturated rings. The molecule has 0 radical (unpaired) electrons. The number of anilines is 1. The normalized spacial score (nSPS) is 9.75. The molecule has 0 aromatic heterocycles. The number of ether oxygens (including phenoxy) is 2. The van der Waals surface area contributed by atoms with Crippen LogP contribution in [0.4, 0.5) is 5.69 Å². The second-order valence-electron chi connectivity index (χ2n) is 4.13. The Morgan fingerprint density at radius 2 is 2.20 bits per heavy atom. The molecule has 5 heteroatoms. The van der Waals surface area contributed by atoms with Crippen molar-refractivity contribution in [3.05, 3.63) is 29.3 Å². The van der Waals surface area contributed by atoms with Crippen LogP contribution in [0.25, 0.3) is 0 Å². The summed E-state index contributed by atoms with van der Waals surface area (Å²) in [7, 11) is 1.58. The van der Waals surface area contributed by atoms with Crippen LogP contribution in [0.2, 0.25) is 0 Å². The predicted molar refractivity (Wildman–Crippen MR) is 78.4 cm³/mol. The van der Waals surface area contributed by atoms with Crippen molar-refractivity contribution in [2.24, 2.45) is 5.73 Å². The molecule has 0 aliphatic heterocycles. The number of rotatable bonds is 6. The molecule has 0 bridgehead atoms.